The maximum absolute atomic E-state index is 5.29. The average molecular weight is 743 g/mol. The van der Waals surface area contributed by atoms with Crippen LogP contribution >= 0.6 is 0 Å². The number of hydrogen-bond donors (Lipinski definition) is 0. The predicted molar refractivity (Wildman–Crippen MR) is 239 cm³/mol. The second-order valence-electron chi connectivity index (χ2n) is 16.4. The largest absolute Gasteiger partial charge is 0.232 e. The lowest BCUT2D eigenvalue weighted by atomic mass is 9.55. The Hall–Kier alpha value is -6.90. The van der Waals surface area contributed by atoms with Crippen molar-refractivity contribution in [2.75, 3.05) is 0 Å². The van der Waals surface area contributed by atoms with Crippen molar-refractivity contribution in [2.24, 2.45) is 0 Å². The molecular formula is C56H42N2. The molecule has 0 bridgehead atoms. The molecule has 1 atom stereocenters. The summed E-state index contributed by atoms with van der Waals surface area (Å²) in [5.41, 5.74) is 19.1. The summed E-state index contributed by atoms with van der Waals surface area (Å²) in [7, 11) is 0. The third-order valence-corrected chi connectivity index (χ3v) is 12.9. The first-order valence-electron chi connectivity index (χ1n) is 20.4. The fraction of sp³-hybridized carbons (Fsp3) is 0.107. The molecular weight excluding hydrogens is 701 g/mol. The van der Waals surface area contributed by atoms with Gasteiger partial charge in [0.25, 0.3) is 0 Å². The Morgan fingerprint density at radius 1 is 0.414 bits per heavy atom. The molecule has 8 aromatic rings. The zero-order valence-electron chi connectivity index (χ0n) is 32.7. The van der Waals surface area contributed by atoms with Crippen LogP contribution in [0.1, 0.15) is 65.4 Å². The van der Waals surface area contributed by atoms with Gasteiger partial charge in [-0.15, -0.1) is 0 Å². The van der Waals surface area contributed by atoms with Crippen molar-refractivity contribution < 1.29 is 0 Å². The predicted octanol–water partition coefficient (Wildman–Crippen LogP) is 13.7. The van der Waals surface area contributed by atoms with Crippen LogP contribution in [0.5, 0.6) is 0 Å². The number of aromatic nitrogens is 2. The van der Waals surface area contributed by atoms with Crippen molar-refractivity contribution in [3.8, 4) is 55.9 Å². The van der Waals surface area contributed by atoms with E-state index in [9.17, 15) is 0 Å². The highest BCUT2D eigenvalue weighted by molar-refractivity contribution is 5.91. The highest BCUT2D eigenvalue weighted by Gasteiger charge is 2.53. The number of nitrogens with zero attached hydrogens (tertiary/aromatic N) is 2. The third-order valence-electron chi connectivity index (χ3n) is 12.9. The Morgan fingerprint density at radius 2 is 0.983 bits per heavy atom. The van der Waals surface area contributed by atoms with E-state index in [4.69, 9.17) is 9.97 Å². The molecule has 7 aromatic carbocycles. The van der Waals surface area contributed by atoms with Crippen LogP contribution in [0, 0.1) is 0 Å². The van der Waals surface area contributed by atoms with E-state index in [0.717, 1.165) is 45.9 Å². The normalized spacial score (nSPS) is 16.3. The van der Waals surface area contributed by atoms with Gasteiger partial charge in [-0.2, -0.15) is 0 Å². The minimum Gasteiger partial charge on any atom is -0.232 e. The van der Waals surface area contributed by atoms with Crippen LogP contribution < -0.4 is 0 Å². The molecule has 0 aliphatic heterocycles. The van der Waals surface area contributed by atoms with Gasteiger partial charge in [0.1, 0.15) is 5.82 Å². The van der Waals surface area contributed by atoms with Gasteiger partial charge in [-0.05, 0) is 91.4 Å². The quantitative estimate of drug-likeness (QED) is 0.175. The second kappa shape index (κ2) is 13.4. The molecule has 0 fully saturated rings. The molecule has 11 rings (SSSR count). The van der Waals surface area contributed by atoms with Crippen molar-refractivity contribution in [2.45, 2.75) is 37.0 Å². The zero-order chi connectivity index (χ0) is 38.8. The molecule has 0 radical (unpaired) electrons. The van der Waals surface area contributed by atoms with Crippen LogP contribution in [0.3, 0.4) is 0 Å². The van der Waals surface area contributed by atoms with E-state index in [2.05, 4.69) is 214 Å². The van der Waals surface area contributed by atoms with Crippen LogP contribution in [0.4, 0.5) is 0 Å². The van der Waals surface area contributed by atoms with Crippen molar-refractivity contribution in [3.63, 3.8) is 0 Å². The van der Waals surface area contributed by atoms with Gasteiger partial charge in [0.15, 0.2) is 0 Å². The Morgan fingerprint density at radius 3 is 1.71 bits per heavy atom. The lowest BCUT2D eigenvalue weighted by Crippen LogP contribution is -2.40. The number of rotatable bonds is 5. The molecule has 3 aliphatic carbocycles. The Labute approximate surface area is 341 Å². The SMILES string of the molecule is CC1(C)c2ccccc2C2(c3ccccc3-c3cc(-c4cccc(-c5cc(-c6ccccc6-c6ccccc6)nc(C6C=CC=CC6)n5)c4)ccc32)c2ccccc21. The van der Waals surface area contributed by atoms with Crippen LogP contribution in [0.25, 0.3) is 55.9 Å². The van der Waals surface area contributed by atoms with Gasteiger partial charge in [0.2, 0.25) is 0 Å². The maximum Gasteiger partial charge on any atom is 0.136 e. The molecule has 58 heavy (non-hydrogen) atoms. The average Bonchev–Trinajstić information content (AvgIpc) is 3.59. The summed E-state index contributed by atoms with van der Waals surface area (Å²) < 4.78 is 0. The van der Waals surface area contributed by atoms with E-state index < -0.39 is 5.41 Å². The Balaban J connectivity index is 1.06. The summed E-state index contributed by atoms with van der Waals surface area (Å²) in [6.07, 6.45) is 9.54. The standard InChI is InChI=1S/C56H42N2/c1-55(2)48-28-13-15-30-50(48)56(51-31-16-14-29-49(51)55)46-27-12-11-25-43(46)45-35-40(32-33-47(45)56)39-22-17-23-41(34-39)52-36-53(58-54(57-52)38-20-7-4-8-21-38)44-26-10-9-24-42(44)37-18-5-3-6-19-37/h3-20,22-36,38H,21H2,1-2H3. The van der Waals surface area contributed by atoms with Crippen LogP contribution in [0.2, 0.25) is 0 Å². The molecule has 2 heteroatoms. The lowest BCUT2D eigenvalue weighted by Gasteiger charge is -2.46. The van der Waals surface area contributed by atoms with Crippen molar-refractivity contribution in [3.05, 3.63) is 239 Å². The van der Waals surface area contributed by atoms with E-state index in [1.807, 2.05) is 0 Å². The van der Waals surface area contributed by atoms with E-state index in [1.54, 1.807) is 0 Å². The number of fused-ring (bicyclic) bond motifs is 9. The molecule has 1 unspecified atom stereocenters. The topological polar surface area (TPSA) is 25.8 Å². The minimum atomic E-state index is -0.401. The fourth-order valence-corrected chi connectivity index (χ4v) is 10.2. The van der Waals surface area contributed by atoms with Gasteiger partial charge in [-0.3, -0.25) is 0 Å². The van der Waals surface area contributed by atoms with Crippen molar-refractivity contribution in [1.82, 2.24) is 9.97 Å². The number of hydrogen-bond acceptors (Lipinski definition) is 2. The summed E-state index contributed by atoms with van der Waals surface area (Å²) in [5.74, 6) is 0.956. The van der Waals surface area contributed by atoms with Crippen LogP contribution in [0.15, 0.2) is 200 Å². The second-order valence-corrected chi connectivity index (χ2v) is 16.4. The third kappa shape index (κ3) is 5.18. The molecule has 0 amide bonds. The summed E-state index contributed by atoms with van der Waals surface area (Å²) in [4.78, 5) is 10.6. The van der Waals surface area contributed by atoms with Gasteiger partial charge in [-0.1, -0.05) is 196 Å². The van der Waals surface area contributed by atoms with Gasteiger partial charge >= 0.3 is 0 Å². The van der Waals surface area contributed by atoms with Crippen molar-refractivity contribution >= 4 is 0 Å². The Kier molecular flexibility index (Phi) is 7.91. The molecule has 1 aromatic heterocycles. The minimum absolute atomic E-state index is 0.112. The molecule has 276 valence electrons. The summed E-state index contributed by atoms with van der Waals surface area (Å²) in [6.45, 7) is 4.76. The number of allylic oxidation sites excluding steroid dienone is 4. The molecule has 0 saturated carbocycles. The molecule has 0 N–H and O–H groups in total. The summed E-state index contributed by atoms with van der Waals surface area (Å²) in [5, 5.41) is 0. The molecule has 1 heterocycles. The van der Waals surface area contributed by atoms with E-state index in [1.165, 1.54) is 55.6 Å². The van der Waals surface area contributed by atoms with E-state index >= 15 is 0 Å². The van der Waals surface area contributed by atoms with Crippen LogP contribution in [-0.4, -0.2) is 9.97 Å². The fourth-order valence-electron chi connectivity index (χ4n) is 10.2. The first-order chi connectivity index (χ1) is 28.5. The molecule has 3 aliphatic rings. The van der Waals surface area contributed by atoms with Gasteiger partial charge in [0.05, 0.1) is 16.8 Å². The smallest absolute Gasteiger partial charge is 0.136 e. The summed E-state index contributed by atoms with van der Waals surface area (Å²) >= 11 is 0. The highest BCUT2D eigenvalue weighted by atomic mass is 14.9. The first-order valence-corrected chi connectivity index (χ1v) is 20.4. The van der Waals surface area contributed by atoms with Gasteiger partial charge in [0, 0.05) is 22.5 Å². The molecule has 2 nitrogen and oxygen atoms in total. The monoisotopic (exact) mass is 742 g/mol. The highest BCUT2D eigenvalue weighted by Crippen LogP contribution is 2.62. The molecule has 1 spiro atoms. The van der Waals surface area contributed by atoms with E-state index in [-0.39, 0.29) is 11.3 Å². The lowest BCUT2D eigenvalue weighted by molar-refractivity contribution is 0.563. The maximum atomic E-state index is 5.29. The Bertz CT molecular complexity index is 2920. The zero-order valence-corrected chi connectivity index (χ0v) is 32.7. The van der Waals surface area contributed by atoms with Crippen molar-refractivity contribution in [1.29, 1.82) is 0 Å². The number of benzene rings is 7. The van der Waals surface area contributed by atoms with Gasteiger partial charge < -0.3 is 0 Å². The van der Waals surface area contributed by atoms with Crippen LogP contribution in [-0.2, 0) is 10.8 Å². The van der Waals surface area contributed by atoms with E-state index in [0.29, 0.717) is 0 Å². The first kappa shape index (κ1) is 34.4. The molecule has 0 saturated heterocycles. The summed E-state index contributed by atoms with van der Waals surface area (Å²) in [6, 6.07) is 64.8. The van der Waals surface area contributed by atoms with Gasteiger partial charge in [-0.25, -0.2) is 9.97 Å².